The van der Waals surface area contributed by atoms with Crippen molar-refractivity contribution in [2.45, 2.75) is 127 Å². The normalized spacial score (nSPS) is 23.8. The van der Waals surface area contributed by atoms with Crippen molar-refractivity contribution in [1.29, 1.82) is 0 Å². The van der Waals surface area contributed by atoms with Crippen LogP contribution in [0, 0.1) is 11.8 Å². The van der Waals surface area contributed by atoms with Crippen molar-refractivity contribution in [2.75, 3.05) is 13.1 Å². The molecule has 5 atom stereocenters. The summed E-state index contributed by atoms with van der Waals surface area (Å²) in [5.74, 6) is -2.33. The molecule has 16 nitrogen and oxygen atoms in total. The summed E-state index contributed by atoms with van der Waals surface area (Å²) in [6.07, 6.45) is 6.85. The van der Waals surface area contributed by atoms with Gasteiger partial charge < -0.3 is 26.2 Å². The van der Waals surface area contributed by atoms with Gasteiger partial charge in [-0.25, -0.2) is 4.79 Å². The number of nitrogens with one attached hydrogen (secondary N) is 3. The quantitative estimate of drug-likeness (QED) is 0.134. The largest absolute Gasteiger partial charge is 0.370 e. The van der Waals surface area contributed by atoms with Crippen LogP contribution in [0.25, 0.3) is 11.0 Å². The Morgan fingerprint density at radius 3 is 2.13 bits per heavy atom. The van der Waals surface area contributed by atoms with Crippen molar-refractivity contribution in [2.24, 2.45) is 24.6 Å². The first-order chi connectivity index (χ1) is 32.3. The number of primary amides is 1. The smallest absolute Gasteiger partial charge is 0.329 e. The van der Waals surface area contributed by atoms with Gasteiger partial charge >= 0.3 is 5.69 Å². The highest BCUT2D eigenvalue weighted by atomic mass is 16.2. The van der Waals surface area contributed by atoms with E-state index in [1.165, 1.54) is 4.57 Å². The second kappa shape index (κ2) is 20.5. The number of carbonyl (C=O) groups excluding carboxylic acids is 7. The fraction of sp³-hybridized carbons (Fsp3) is 0.490. The highest BCUT2D eigenvalue weighted by Crippen LogP contribution is 2.39. The molecule has 1 saturated carbocycles. The van der Waals surface area contributed by atoms with Gasteiger partial charge in [0.1, 0.15) is 18.1 Å². The molecule has 4 heterocycles. The van der Waals surface area contributed by atoms with E-state index in [9.17, 15) is 38.4 Å². The van der Waals surface area contributed by atoms with E-state index in [4.69, 9.17) is 5.73 Å². The van der Waals surface area contributed by atoms with Crippen LogP contribution in [0.1, 0.15) is 125 Å². The molecule has 0 radical (unpaired) electrons. The lowest BCUT2D eigenvalue weighted by Crippen LogP contribution is -2.57. The number of fused-ring (bicyclic) bond motifs is 2. The number of nitrogens with zero attached hydrogens (tertiary/aromatic N) is 4. The number of aromatic nitrogens is 2. The van der Waals surface area contributed by atoms with E-state index < -0.39 is 53.7 Å². The Morgan fingerprint density at radius 1 is 0.791 bits per heavy atom. The number of imide groups is 1. The number of hydrogen-bond acceptors (Lipinski definition) is 8. The lowest BCUT2D eigenvalue weighted by Gasteiger charge is -2.38. The SMILES string of the molecule is C[C@H]1CN(C(=O)CCC2CCC(c3ccc4c(c3)n(C)c(=O)n4C3CCC(=O)NC3=O)CC2)CC[C@H]2CC[C@@H](C(=O)N[C@@H](CCC(N)=O)C(=O)NC(c3ccccc3)c3ccccc3)N2C1=O. The van der Waals surface area contributed by atoms with E-state index >= 15 is 0 Å². The molecule has 4 aliphatic rings. The summed E-state index contributed by atoms with van der Waals surface area (Å²) < 4.78 is 3.07. The van der Waals surface area contributed by atoms with Crippen molar-refractivity contribution < 1.29 is 33.6 Å². The summed E-state index contributed by atoms with van der Waals surface area (Å²) in [5, 5.41) is 8.33. The summed E-state index contributed by atoms with van der Waals surface area (Å²) >= 11 is 0. The van der Waals surface area contributed by atoms with E-state index in [-0.39, 0.29) is 61.7 Å². The number of nitrogens with two attached hydrogens (primary N) is 1. The zero-order valence-electron chi connectivity index (χ0n) is 38.4. The molecule has 1 aliphatic carbocycles. The van der Waals surface area contributed by atoms with Crippen LogP contribution in [-0.4, -0.2) is 91.5 Å². The van der Waals surface area contributed by atoms with Crippen LogP contribution in [0.2, 0.25) is 0 Å². The number of aryl methyl sites for hydroxylation is 1. The van der Waals surface area contributed by atoms with Crippen LogP contribution < -0.4 is 27.4 Å². The molecule has 4 fully saturated rings. The summed E-state index contributed by atoms with van der Waals surface area (Å²) in [5.41, 5.74) is 9.48. The molecule has 0 bridgehead atoms. The summed E-state index contributed by atoms with van der Waals surface area (Å²) in [6, 6.07) is 21.6. The molecule has 8 rings (SSSR count). The molecule has 1 aromatic heterocycles. The monoisotopic (exact) mass is 914 g/mol. The number of rotatable bonds is 14. The third-order valence-corrected chi connectivity index (χ3v) is 14.6. The topological polar surface area (TPSA) is 215 Å². The predicted molar refractivity (Wildman–Crippen MR) is 250 cm³/mol. The van der Waals surface area contributed by atoms with Crippen LogP contribution in [0.3, 0.4) is 0 Å². The van der Waals surface area contributed by atoms with E-state index in [1.807, 2.05) is 77.7 Å². The van der Waals surface area contributed by atoms with Gasteiger partial charge in [-0.2, -0.15) is 0 Å². The maximum absolute atomic E-state index is 14.1. The van der Waals surface area contributed by atoms with Crippen LogP contribution in [0.5, 0.6) is 0 Å². The summed E-state index contributed by atoms with van der Waals surface area (Å²) in [7, 11) is 1.71. The third kappa shape index (κ3) is 10.4. The van der Waals surface area contributed by atoms with Crippen molar-refractivity contribution in [3.05, 3.63) is 106 Å². The Balaban J connectivity index is 0.845. The molecule has 3 saturated heterocycles. The van der Waals surface area contributed by atoms with E-state index in [2.05, 4.69) is 22.0 Å². The van der Waals surface area contributed by atoms with Gasteiger partial charge in [-0.15, -0.1) is 0 Å². The van der Waals surface area contributed by atoms with E-state index in [1.54, 1.807) is 23.4 Å². The van der Waals surface area contributed by atoms with Crippen molar-refractivity contribution >= 4 is 52.4 Å². The third-order valence-electron chi connectivity index (χ3n) is 14.6. The molecule has 3 aromatic carbocycles. The number of piperidine rings is 1. The average Bonchev–Trinajstić information content (AvgIpc) is 3.86. The van der Waals surface area contributed by atoms with Gasteiger partial charge in [-0.05, 0) is 105 Å². The lowest BCUT2D eigenvalue weighted by molar-refractivity contribution is -0.147. The number of carbonyl (C=O) groups is 7. The molecule has 4 aromatic rings. The maximum atomic E-state index is 14.1. The number of amides is 7. The average molecular weight is 915 g/mol. The van der Waals surface area contributed by atoms with Crippen molar-refractivity contribution in [1.82, 2.24) is 34.9 Å². The highest BCUT2D eigenvalue weighted by Gasteiger charge is 2.45. The van der Waals surface area contributed by atoms with Gasteiger partial charge in [0.2, 0.25) is 41.4 Å². The molecule has 354 valence electrons. The zero-order valence-corrected chi connectivity index (χ0v) is 38.4. The first kappa shape index (κ1) is 46.9. The first-order valence-corrected chi connectivity index (χ1v) is 23.9. The van der Waals surface area contributed by atoms with Crippen LogP contribution in [0.4, 0.5) is 0 Å². The molecule has 0 spiro atoms. The number of hydrogen-bond donors (Lipinski definition) is 4. The van der Waals surface area contributed by atoms with Gasteiger partial charge in [0.05, 0.1) is 23.0 Å². The van der Waals surface area contributed by atoms with Gasteiger partial charge in [-0.3, -0.25) is 48.0 Å². The first-order valence-electron chi connectivity index (χ1n) is 23.9. The minimum absolute atomic E-state index is 0.00746. The lowest BCUT2D eigenvalue weighted by atomic mass is 9.77. The molecule has 5 N–H and O–H groups in total. The zero-order chi connectivity index (χ0) is 47.4. The fourth-order valence-corrected chi connectivity index (χ4v) is 10.9. The second-order valence-corrected chi connectivity index (χ2v) is 19.0. The molecular weight excluding hydrogens is 853 g/mol. The molecule has 7 amide bonds. The van der Waals surface area contributed by atoms with Gasteiger partial charge in [0.25, 0.3) is 0 Å². The second-order valence-electron chi connectivity index (χ2n) is 19.0. The predicted octanol–water partition coefficient (Wildman–Crippen LogP) is 4.26. The number of imidazole rings is 1. The minimum Gasteiger partial charge on any atom is -0.370 e. The van der Waals surface area contributed by atoms with Crippen LogP contribution in [-0.2, 0) is 40.6 Å². The summed E-state index contributed by atoms with van der Waals surface area (Å²) in [4.78, 5) is 109. The Morgan fingerprint density at radius 2 is 1.48 bits per heavy atom. The van der Waals surface area contributed by atoms with Crippen LogP contribution >= 0.6 is 0 Å². The Bertz CT molecular complexity index is 2530. The summed E-state index contributed by atoms with van der Waals surface area (Å²) in [6.45, 7) is 2.52. The Hall–Kier alpha value is -6.58. The molecule has 67 heavy (non-hydrogen) atoms. The van der Waals surface area contributed by atoms with Crippen molar-refractivity contribution in [3.63, 3.8) is 0 Å². The minimum atomic E-state index is -1.08. The molecule has 16 heteroatoms. The molecule has 3 aliphatic heterocycles. The Kier molecular flexibility index (Phi) is 14.4. The van der Waals surface area contributed by atoms with E-state index in [0.717, 1.165) is 54.3 Å². The number of benzene rings is 3. The standard InChI is InChI=1S/C51H62N8O8/c1-31-30-57(45(62)26-15-32-13-16-33(17-14-32)36-18-21-39-42(29-36)56(2)51(67)59(39)41-23-25-44(61)54-49(41)65)28-27-37-19-22-40(58(37)50(31)66)48(64)53-38(20-24-43(52)60)47(63)55-46(34-9-5-3-6-10-34)35-11-7-4-8-12-35/h3-12,18,21,29,31-33,37-38,40-41,46H,13-17,19-20,22-28,30H2,1-2H3,(H2,52,60)(H,53,64)(H,55,63)(H,54,61,65)/t31-,32?,33?,37+,38-,40-,41?/m0/s1. The highest BCUT2D eigenvalue weighted by molar-refractivity contribution is 6.00. The van der Waals surface area contributed by atoms with Crippen LogP contribution in [0.15, 0.2) is 83.7 Å². The molecular formula is C51H62N8O8. The molecule has 1 unspecified atom stereocenters. The van der Waals surface area contributed by atoms with Crippen molar-refractivity contribution in [3.8, 4) is 0 Å². The van der Waals surface area contributed by atoms with Gasteiger partial charge in [0.15, 0.2) is 0 Å². The van der Waals surface area contributed by atoms with Gasteiger partial charge in [0, 0.05) is 45.4 Å². The maximum Gasteiger partial charge on any atom is 0.329 e. The Labute approximate surface area is 390 Å². The fourth-order valence-electron chi connectivity index (χ4n) is 10.9. The van der Waals surface area contributed by atoms with E-state index in [0.29, 0.717) is 49.6 Å². The van der Waals surface area contributed by atoms with Gasteiger partial charge in [-0.1, -0.05) is 73.7 Å².